The van der Waals surface area contributed by atoms with E-state index < -0.39 is 4.92 Å². The highest BCUT2D eigenvalue weighted by Gasteiger charge is 2.30. The number of hydrogen-bond acceptors (Lipinski definition) is 5. The van der Waals surface area contributed by atoms with Gasteiger partial charge in [0, 0.05) is 17.5 Å². The van der Waals surface area contributed by atoms with Crippen LogP contribution in [0.5, 0.6) is 5.75 Å². The smallest absolute Gasteiger partial charge is 0.297 e. The van der Waals surface area contributed by atoms with Crippen molar-refractivity contribution in [1.29, 1.82) is 0 Å². The Hall–Kier alpha value is -3.54. The van der Waals surface area contributed by atoms with Crippen LogP contribution >= 0.6 is 0 Å². The molecule has 0 radical (unpaired) electrons. The molecule has 0 fully saturated rings. The van der Waals surface area contributed by atoms with Crippen molar-refractivity contribution in [2.24, 2.45) is 15.6 Å². The van der Waals surface area contributed by atoms with Crippen LogP contribution in [0.3, 0.4) is 0 Å². The van der Waals surface area contributed by atoms with E-state index in [1.54, 1.807) is 18.2 Å². The maximum Gasteiger partial charge on any atom is 0.297 e. The highest BCUT2D eigenvalue weighted by Crippen LogP contribution is 2.44. The Balaban J connectivity index is 1.95. The maximum atomic E-state index is 11.8. The zero-order valence-corrected chi connectivity index (χ0v) is 21.7. The second kappa shape index (κ2) is 9.98. The molecule has 184 valence electrons. The lowest BCUT2D eigenvalue weighted by atomic mass is 9.72. The number of aryl methyl sites for hydroxylation is 1. The van der Waals surface area contributed by atoms with Crippen molar-refractivity contribution in [3.05, 3.63) is 93.0 Å². The molecule has 0 aliphatic carbocycles. The number of aromatic hydroxyl groups is 1. The first kappa shape index (κ1) is 26.1. The number of nitrogens with zero attached hydrogens (tertiary/aromatic N) is 3. The van der Waals surface area contributed by atoms with E-state index in [4.69, 9.17) is 0 Å². The Bertz CT molecular complexity index is 1260. The average Bonchev–Trinajstić information content (AvgIpc) is 2.76. The summed E-state index contributed by atoms with van der Waals surface area (Å²) in [6.07, 6.45) is 0.861. The third kappa shape index (κ3) is 6.32. The number of para-hydroxylation sites is 1. The van der Waals surface area contributed by atoms with Crippen LogP contribution in [-0.2, 0) is 5.41 Å². The first-order valence-corrected chi connectivity index (χ1v) is 11.9. The van der Waals surface area contributed by atoms with Gasteiger partial charge in [-0.3, -0.25) is 10.1 Å². The van der Waals surface area contributed by atoms with Crippen molar-refractivity contribution in [1.82, 2.24) is 0 Å². The van der Waals surface area contributed by atoms with Crippen molar-refractivity contribution in [3.63, 3.8) is 0 Å². The maximum absolute atomic E-state index is 11.8. The SMILES string of the molecule is Cc1cccc(C(C)c2ccc(N=Nc3cccc(C(C)(C)CC(C)(C)C)c3O)c([N+](=O)[O-])c2)c1. The Kier molecular flexibility index (Phi) is 7.44. The molecule has 0 amide bonds. The van der Waals surface area contributed by atoms with E-state index in [0.717, 1.165) is 28.7 Å². The summed E-state index contributed by atoms with van der Waals surface area (Å²) in [6, 6.07) is 18.5. The summed E-state index contributed by atoms with van der Waals surface area (Å²) in [5.74, 6) is 0.0446. The molecular weight excluding hydrogens is 438 g/mol. The van der Waals surface area contributed by atoms with Crippen molar-refractivity contribution < 1.29 is 10.0 Å². The molecule has 1 N–H and O–H groups in total. The summed E-state index contributed by atoms with van der Waals surface area (Å²) >= 11 is 0. The molecule has 1 unspecified atom stereocenters. The summed E-state index contributed by atoms with van der Waals surface area (Å²) in [5, 5.41) is 31.2. The molecule has 0 aliphatic rings. The van der Waals surface area contributed by atoms with Crippen molar-refractivity contribution in [3.8, 4) is 5.75 Å². The quantitative estimate of drug-likeness (QED) is 0.211. The zero-order valence-electron chi connectivity index (χ0n) is 21.7. The molecule has 6 nitrogen and oxygen atoms in total. The number of rotatable bonds is 7. The minimum atomic E-state index is -0.441. The predicted octanol–water partition coefficient (Wildman–Crippen LogP) is 8.89. The van der Waals surface area contributed by atoms with Gasteiger partial charge in [-0.1, -0.05) is 89.6 Å². The van der Waals surface area contributed by atoms with E-state index in [0.29, 0.717) is 0 Å². The first-order valence-electron chi connectivity index (χ1n) is 11.9. The van der Waals surface area contributed by atoms with Crippen LogP contribution in [0, 0.1) is 22.5 Å². The van der Waals surface area contributed by atoms with E-state index in [2.05, 4.69) is 50.9 Å². The van der Waals surface area contributed by atoms with Gasteiger partial charge in [0.2, 0.25) is 0 Å². The number of nitro groups is 1. The summed E-state index contributed by atoms with van der Waals surface area (Å²) in [5.41, 5.74) is 3.95. The van der Waals surface area contributed by atoms with Crippen LogP contribution in [0.4, 0.5) is 17.1 Å². The Morgan fingerprint density at radius 2 is 1.54 bits per heavy atom. The third-order valence-electron chi connectivity index (χ3n) is 6.22. The van der Waals surface area contributed by atoms with E-state index in [-0.39, 0.29) is 39.6 Å². The minimum Gasteiger partial charge on any atom is -0.505 e. The standard InChI is InChI=1S/C29H35N3O3/c1-19-10-8-11-21(16-19)20(2)22-14-15-24(26(17-22)32(34)35)30-31-25-13-9-12-23(27(25)33)29(6,7)18-28(3,4)5/h8-17,20,33H,18H2,1-7H3. The molecule has 0 aliphatic heterocycles. The highest BCUT2D eigenvalue weighted by atomic mass is 16.6. The Labute approximate surface area is 207 Å². The van der Waals surface area contributed by atoms with Crippen LogP contribution in [0.25, 0.3) is 0 Å². The molecule has 3 aromatic carbocycles. The molecule has 0 saturated heterocycles. The fraction of sp³-hybridized carbons (Fsp3) is 0.379. The molecule has 0 aromatic heterocycles. The van der Waals surface area contributed by atoms with Crippen LogP contribution < -0.4 is 0 Å². The van der Waals surface area contributed by atoms with Crippen LogP contribution in [0.1, 0.15) is 76.1 Å². The lowest BCUT2D eigenvalue weighted by molar-refractivity contribution is -0.384. The number of phenols is 1. The monoisotopic (exact) mass is 473 g/mol. The minimum absolute atomic E-state index is 0.00892. The molecule has 0 spiro atoms. The lowest BCUT2D eigenvalue weighted by Crippen LogP contribution is -2.24. The summed E-state index contributed by atoms with van der Waals surface area (Å²) in [7, 11) is 0. The number of azo groups is 1. The molecular formula is C29H35N3O3. The van der Waals surface area contributed by atoms with Gasteiger partial charge in [-0.15, -0.1) is 10.2 Å². The third-order valence-corrected chi connectivity index (χ3v) is 6.22. The van der Waals surface area contributed by atoms with Gasteiger partial charge < -0.3 is 5.11 Å². The highest BCUT2D eigenvalue weighted by molar-refractivity contribution is 5.61. The normalized spacial score (nSPS) is 13.2. The largest absolute Gasteiger partial charge is 0.505 e. The van der Waals surface area contributed by atoms with Crippen molar-refractivity contribution in [2.75, 3.05) is 0 Å². The van der Waals surface area contributed by atoms with Gasteiger partial charge in [0.15, 0.2) is 5.69 Å². The van der Waals surface area contributed by atoms with Crippen LogP contribution in [0.15, 0.2) is 70.9 Å². The van der Waals surface area contributed by atoms with Gasteiger partial charge in [-0.05, 0) is 47.4 Å². The average molecular weight is 474 g/mol. The second-order valence-electron chi connectivity index (χ2n) is 11.1. The molecule has 0 saturated carbocycles. The number of phenolic OH excluding ortho intramolecular Hbond substituents is 1. The summed E-state index contributed by atoms with van der Waals surface area (Å²) in [6.45, 7) is 14.7. The summed E-state index contributed by atoms with van der Waals surface area (Å²) in [4.78, 5) is 11.4. The zero-order chi connectivity index (χ0) is 26.0. The lowest BCUT2D eigenvalue weighted by Gasteiger charge is -2.33. The predicted molar refractivity (Wildman–Crippen MR) is 141 cm³/mol. The number of benzene rings is 3. The van der Waals surface area contributed by atoms with Crippen LogP contribution in [-0.4, -0.2) is 10.0 Å². The topological polar surface area (TPSA) is 88.1 Å². The van der Waals surface area contributed by atoms with E-state index in [1.165, 1.54) is 0 Å². The van der Waals surface area contributed by atoms with Crippen LogP contribution in [0.2, 0.25) is 0 Å². The molecule has 3 rings (SSSR count). The van der Waals surface area contributed by atoms with Gasteiger partial charge in [-0.2, -0.15) is 0 Å². The van der Waals surface area contributed by atoms with Gasteiger partial charge in [0.1, 0.15) is 11.4 Å². The van der Waals surface area contributed by atoms with E-state index in [9.17, 15) is 15.2 Å². The van der Waals surface area contributed by atoms with E-state index in [1.807, 2.05) is 50.2 Å². The second-order valence-corrected chi connectivity index (χ2v) is 11.1. The fourth-order valence-corrected chi connectivity index (χ4v) is 4.86. The Morgan fingerprint density at radius 1 is 0.914 bits per heavy atom. The molecule has 1 atom stereocenters. The number of nitro benzene ring substituents is 1. The summed E-state index contributed by atoms with van der Waals surface area (Å²) < 4.78 is 0. The molecule has 0 bridgehead atoms. The van der Waals surface area contributed by atoms with E-state index >= 15 is 0 Å². The van der Waals surface area contributed by atoms with Gasteiger partial charge in [0.05, 0.1) is 4.92 Å². The molecule has 6 heteroatoms. The molecule has 0 heterocycles. The molecule has 35 heavy (non-hydrogen) atoms. The van der Waals surface area contributed by atoms with Crippen molar-refractivity contribution >= 4 is 17.1 Å². The van der Waals surface area contributed by atoms with Gasteiger partial charge >= 0.3 is 0 Å². The number of hydrogen-bond donors (Lipinski definition) is 1. The fourth-order valence-electron chi connectivity index (χ4n) is 4.86. The molecule has 3 aromatic rings. The first-order chi connectivity index (χ1) is 16.3. The van der Waals surface area contributed by atoms with Gasteiger partial charge in [0.25, 0.3) is 5.69 Å². The van der Waals surface area contributed by atoms with Crippen molar-refractivity contribution in [2.45, 2.75) is 66.2 Å². The van der Waals surface area contributed by atoms with Gasteiger partial charge in [-0.25, -0.2) is 0 Å². The Morgan fingerprint density at radius 3 is 2.17 bits per heavy atom.